The summed E-state index contributed by atoms with van der Waals surface area (Å²) in [6.45, 7) is 7.34. The lowest BCUT2D eigenvalue weighted by Gasteiger charge is -2.23. The predicted molar refractivity (Wildman–Crippen MR) is 71.0 cm³/mol. The largest absolute Gasteiger partial charge is 0.388 e. The van der Waals surface area contributed by atoms with E-state index in [9.17, 15) is 0 Å². The molecule has 0 atom stereocenters. The van der Waals surface area contributed by atoms with Gasteiger partial charge in [0.2, 0.25) is 0 Å². The lowest BCUT2D eigenvalue weighted by Crippen LogP contribution is -2.30. The summed E-state index contributed by atoms with van der Waals surface area (Å²) >= 11 is 1.73. The molecule has 0 saturated heterocycles. The van der Waals surface area contributed by atoms with Crippen molar-refractivity contribution < 1.29 is 0 Å². The molecular weight excluding hydrogens is 218 g/mol. The van der Waals surface area contributed by atoms with E-state index in [0.717, 1.165) is 19.6 Å². The minimum Gasteiger partial charge on any atom is -0.388 e. The molecule has 4 heteroatoms. The standard InChI is InChI=1S/C12H21N3S/c1-10(2)7-15(5-3-12(13)14)8-11-4-6-16-9-11/h4,6,9-10H,3,5,7-8H2,1-2H3,(H3,13,14). The van der Waals surface area contributed by atoms with Gasteiger partial charge in [-0.05, 0) is 28.3 Å². The van der Waals surface area contributed by atoms with Crippen LogP contribution in [0.3, 0.4) is 0 Å². The Hall–Kier alpha value is -0.870. The van der Waals surface area contributed by atoms with Crippen molar-refractivity contribution in [1.29, 1.82) is 5.41 Å². The molecule has 90 valence electrons. The maximum Gasteiger partial charge on any atom is 0.0918 e. The highest BCUT2D eigenvalue weighted by Crippen LogP contribution is 2.11. The predicted octanol–water partition coefficient (Wildman–Crippen LogP) is 2.53. The van der Waals surface area contributed by atoms with Crippen molar-refractivity contribution in [3.05, 3.63) is 22.4 Å². The van der Waals surface area contributed by atoms with Crippen molar-refractivity contribution in [2.24, 2.45) is 11.7 Å². The molecule has 1 heterocycles. The molecule has 0 aliphatic rings. The number of hydrogen-bond donors (Lipinski definition) is 2. The summed E-state index contributed by atoms with van der Waals surface area (Å²) in [6.07, 6.45) is 0.664. The fraction of sp³-hybridized carbons (Fsp3) is 0.583. The second-order valence-corrected chi connectivity index (χ2v) is 5.32. The number of amidine groups is 1. The zero-order valence-electron chi connectivity index (χ0n) is 10.1. The SMILES string of the molecule is CC(C)CN(CCC(=N)N)Cc1ccsc1. The zero-order valence-corrected chi connectivity index (χ0v) is 10.9. The van der Waals surface area contributed by atoms with E-state index in [1.165, 1.54) is 5.56 Å². The van der Waals surface area contributed by atoms with Crippen molar-refractivity contribution in [1.82, 2.24) is 4.90 Å². The van der Waals surface area contributed by atoms with Gasteiger partial charge in [0.05, 0.1) is 5.84 Å². The van der Waals surface area contributed by atoms with E-state index >= 15 is 0 Å². The lowest BCUT2D eigenvalue weighted by atomic mass is 10.2. The average molecular weight is 239 g/mol. The van der Waals surface area contributed by atoms with E-state index in [-0.39, 0.29) is 5.84 Å². The molecule has 0 bridgehead atoms. The van der Waals surface area contributed by atoms with Crippen LogP contribution in [0.1, 0.15) is 25.8 Å². The van der Waals surface area contributed by atoms with Gasteiger partial charge in [0.1, 0.15) is 0 Å². The van der Waals surface area contributed by atoms with Crippen molar-refractivity contribution in [3.63, 3.8) is 0 Å². The number of nitrogens with zero attached hydrogens (tertiary/aromatic N) is 1. The summed E-state index contributed by atoms with van der Waals surface area (Å²) in [4.78, 5) is 2.37. The summed E-state index contributed by atoms with van der Waals surface area (Å²) < 4.78 is 0. The molecule has 3 N–H and O–H groups in total. The van der Waals surface area contributed by atoms with Gasteiger partial charge >= 0.3 is 0 Å². The molecule has 0 aliphatic heterocycles. The third-order valence-electron chi connectivity index (χ3n) is 2.31. The van der Waals surface area contributed by atoms with Crippen LogP contribution in [0.5, 0.6) is 0 Å². The number of thiophene rings is 1. The molecule has 0 saturated carbocycles. The highest BCUT2D eigenvalue weighted by Gasteiger charge is 2.08. The van der Waals surface area contributed by atoms with Crippen LogP contribution in [0.2, 0.25) is 0 Å². The molecule has 1 aromatic heterocycles. The molecule has 0 aliphatic carbocycles. The second-order valence-electron chi connectivity index (χ2n) is 4.54. The van der Waals surface area contributed by atoms with Gasteiger partial charge in [-0.3, -0.25) is 10.3 Å². The molecule has 1 aromatic rings. The van der Waals surface area contributed by atoms with Crippen LogP contribution in [0.25, 0.3) is 0 Å². The normalized spacial score (nSPS) is 11.2. The Morgan fingerprint density at radius 3 is 2.81 bits per heavy atom. The highest BCUT2D eigenvalue weighted by atomic mass is 32.1. The Bertz CT molecular complexity index is 306. The van der Waals surface area contributed by atoms with E-state index in [1.54, 1.807) is 11.3 Å². The molecule has 0 spiro atoms. The van der Waals surface area contributed by atoms with Crippen molar-refractivity contribution in [2.75, 3.05) is 13.1 Å². The topological polar surface area (TPSA) is 53.1 Å². The maximum absolute atomic E-state index is 7.27. The quantitative estimate of drug-likeness (QED) is 0.567. The number of hydrogen-bond acceptors (Lipinski definition) is 3. The number of nitrogens with one attached hydrogen (secondary N) is 1. The van der Waals surface area contributed by atoms with Crippen LogP contribution in [0.15, 0.2) is 16.8 Å². The third kappa shape index (κ3) is 5.28. The maximum atomic E-state index is 7.27. The van der Waals surface area contributed by atoms with Gasteiger partial charge in [0.25, 0.3) is 0 Å². The molecule has 1 rings (SSSR count). The van der Waals surface area contributed by atoms with Gasteiger partial charge in [-0.25, -0.2) is 0 Å². The Balaban J connectivity index is 2.46. The fourth-order valence-electron chi connectivity index (χ4n) is 1.67. The molecule has 0 aromatic carbocycles. The lowest BCUT2D eigenvalue weighted by molar-refractivity contribution is 0.242. The minimum absolute atomic E-state index is 0.277. The summed E-state index contributed by atoms with van der Waals surface area (Å²) in [5, 5.41) is 11.6. The molecule has 3 nitrogen and oxygen atoms in total. The molecule has 0 unspecified atom stereocenters. The summed E-state index contributed by atoms with van der Waals surface area (Å²) in [6, 6.07) is 2.16. The smallest absolute Gasteiger partial charge is 0.0918 e. The second kappa shape index (κ2) is 6.66. The fourth-order valence-corrected chi connectivity index (χ4v) is 2.33. The first kappa shape index (κ1) is 13.2. The van der Waals surface area contributed by atoms with E-state index < -0.39 is 0 Å². The zero-order chi connectivity index (χ0) is 12.0. The molecular formula is C12H21N3S. The van der Waals surface area contributed by atoms with Crippen LogP contribution in [0.4, 0.5) is 0 Å². The van der Waals surface area contributed by atoms with Crippen LogP contribution >= 0.6 is 11.3 Å². The van der Waals surface area contributed by atoms with E-state index in [2.05, 4.69) is 35.6 Å². The van der Waals surface area contributed by atoms with E-state index in [0.29, 0.717) is 12.3 Å². The minimum atomic E-state index is 0.277. The van der Waals surface area contributed by atoms with Crippen LogP contribution < -0.4 is 5.73 Å². The summed E-state index contributed by atoms with van der Waals surface area (Å²) in [5.74, 6) is 0.921. The van der Waals surface area contributed by atoms with E-state index in [4.69, 9.17) is 11.1 Å². The first-order chi connectivity index (χ1) is 7.58. The molecule has 0 radical (unpaired) electrons. The first-order valence-electron chi connectivity index (χ1n) is 5.64. The van der Waals surface area contributed by atoms with Gasteiger partial charge in [-0.2, -0.15) is 11.3 Å². The monoisotopic (exact) mass is 239 g/mol. The van der Waals surface area contributed by atoms with Crippen molar-refractivity contribution >= 4 is 17.2 Å². The summed E-state index contributed by atoms with van der Waals surface area (Å²) in [7, 11) is 0. The van der Waals surface area contributed by atoms with Gasteiger partial charge in [-0.1, -0.05) is 13.8 Å². The number of nitrogens with two attached hydrogens (primary N) is 1. The molecule has 0 fully saturated rings. The Kier molecular flexibility index (Phi) is 5.49. The van der Waals surface area contributed by atoms with Crippen LogP contribution in [0, 0.1) is 11.3 Å². The van der Waals surface area contributed by atoms with Gasteiger partial charge < -0.3 is 5.73 Å². The van der Waals surface area contributed by atoms with Gasteiger partial charge in [0, 0.05) is 26.1 Å². The third-order valence-corrected chi connectivity index (χ3v) is 3.04. The van der Waals surface area contributed by atoms with Crippen molar-refractivity contribution in [2.45, 2.75) is 26.8 Å². The van der Waals surface area contributed by atoms with Crippen LogP contribution in [-0.4, -0.2) is 23.8 Å². The molecule has 0 amide bonds. The first-order valence-corrected chi connectivity index (χ1v) is 6.58. The Labute approximate surface area is 102 Å². The Morgan fingerprint density at radius 2 is 2.31 bits per heavy atom. The Morgan fingerprint density at radius 1 is 1.56 bits per heavy atom. The highest BCUT2D eigenvalue weighted by molar-refractivity contribution is 7.07. The van der Waals surface area contributed by atoms with Crippen LogP contribution in [-0.2, 0) is 6.54 Å². The number of rotatable bonds is 7. The van der Waals surface area contributed by atoms with E-state index in [1.807, 2.05) is 0 Å². The van der Waals surface area contributed by atoms with Crippen molar-refractivity contribution in [3.8, 4) is 0 Å². The average Bonchev–Trinajstić information content (AvgIpc) is 2.66. The van der Waals surface area contributed by atoms with Gasteiger partial charge in [0.15, 0.2) is 0 Å². The molecule has 16 heavy (non-hydrogen) atoms. The van der Waals surface area contributed by atoms with Gasteiger partial charge in [-0.15, -0.1) is 0 Å². The summed E-state index contributed by atoms with van der Waals surface area (Å²) in [5.41, 5.74) is 6.76.